The minimum Gasteiger partial charge on any atom is -0.496 e. The maximum atomic E-state index is 7.52. The number of nitrogens with one attached hydrogen (secondary N) is 2. The smallest absolute Gasteiger partial charge is 0.239 e. The highest BCUT2D eigenvalue weighted by Gasteiger charge is 2.08. The lowest BCUT2D eigenvalue weighted by molar-refractivity contribution is 0.410. The summed E-state index contributed by atoms with van der Waals surface area (Å²) in [5.41, 5.74) is 1.24. The van der Waals surface area contributed by atoms with Crippen molar-refractivity contribution in [3.05, 3.63) is 23.5 Å². The highest BCUT2D eigenvalue weighted by molar-refractivity contribution is 5.97. The van der Waals surface area contributed by atoms with E-state index in [-0.39, 0.29) is 11.8 Å². The number of hydrogen-bond donors (Lipinski definition) is 2. The predicted molar refractivity (Wildman–Crippen MR) is 68.2 cm³/mol. The van der Waals surface area contributed by atoms with Crippen molar-refractivity contribution in [1.29, 1.82) is 10.8 Å². The third-order valence-corrected chi connectivity index (χ3v) is 1.76. The van der Waals surface area contributed by atoms with Crippen LogP contribution in [0.5, 0.6) is 5.75 Å². The summed E-state index contributed by atoms with van der Waals surface area (Å²) < 4.78 is 9.92. The van der Waals surface area contributed by atoms with E-state index >= 15 is 0 Å². The van der Waals surface area contributed by atoms with Gasteiger partial charge in [0, 0.05) is 24.8 Å². The fourth-order valence-electron chi connectivity index (χ4n) is 1.05. The first-order chi connectivity index (χ1) is 8.04. The molecule has 1 aromatic rings. The highest BCUT2D eigenvalue weighted by Crippen LogP contribution is 2.17. The molecule has 94 valence electrons. The molecular formula is C12H19N3O2. The molecule has 0 radical (unpaired) electrons. The summed E-state index contributed by atoms with van der Waals surface area (Å²) in [5, 5.41) is 14.6. The molecular weight excluding hydrogens is 218 g/mol. The molecule has 5 heteroatoms. The predicted octanol–water partition coefficient (Wildman–Crippen LogP) is 2.76. The van der Waals surface area contributed by atoms with Gasteiger partial charge >= 0.3 is 0 Å². The Morgan fingerprint density at radius 1 is 1.29 bits per heavy atom. The lowest BCUT2D eigenvalue weighted by Crippen LogP contribution is -2.11. The van der Waals surface area contributed by atoms with E-state index in [4.69, 9.17) is 20.3 Å². The van der Waals surface area contributed by atoms with Gasteiger partial charge in [-0.15, -0.1) is 0 Å². The van der Waals surface area contributed by atoms with Crippen molar-refractivity contribution in [2.75, 3.05) is 7.11 Å². The Balaban J connectivity index is 0.00000121. The Morgan fingerprint density at radius 2 is 1.88 bits per heavy atom. The zero-order valence-electron chi connectivity index (χ0n) is 10.9. The van der Waals surface area contributed by atoms with Gasteiger partial charge in [0.25, 0.3) is 0 Å². The quantitative estimate of drug-likeness (QED) is 0.613. The Kier molecular flexibility index (Phi) is 6.55. The third kappa shape index (κ3) is 4.63. The van der Waals surface area contributed by atoms with Gasteiger partial charge in [-0.25, -0.2) is 0 Å². The number of methoxy groups -OCH3 is 1. The van der Waals surface area contributed by atoms with Gasteiger partial charge in [-0.2, -0.15) is 0 Å². The fourth-order valence-corrected chi connectivity index (χ4v) is 1.05. The molecule has 0 spiro atoms. The molecule has 0 unspecified atom stereocenters. The van der Waals surface area contributed by atoms with Crippen molar-refractivity contribution < 1.29 is 9.47 Å². The molecule has 0 aromatic carbocycles. The van der Waals surface area contributed by atoms with E-state index in [1.165, 1.54) is 6.92 Å². The molecule has 1 heterocycles. The lowest BCUT2D eigenvalue weighted by atomic mass is 10.2. The lowest BCUT2D eigenvalue weighted by Gasteiger charge is -2.07. The molecule has 0 aliphatic carbocycles. The number of rotatable bonds is 2. The molecule has 0 bridgehead atoms. The molecule has 1 aromatic heterocycles. The Labute approximate surface area is 102 Å². The number of aryl methyl sites for hydroxylation is 1. The van der Waals surface area contributed by atoms with Crippen molar-refractivity contribution in [2.24, 2.45) is 0 Å². The van der Waals surface area contributed by atoms with Gasteiger partial charge in [-0.3, -0.25) is 15.8 Å². The molecule has 0 aliphatic heterocycles. The molecule has 5 nitrogen and oxygen atoms in total. The van der Waals surface area contributed by atoms with E-state index in [9.17, 15) is 0 Å². The van der Waals surface area contributed by atoms with Crippen molar-refractivity contribution in [1.82, 2.24) is 4.98 Å². The van der Waals surface area contributed by atoms with Crippen molar-refractivity contribution >= 4 is 11.8 Å². The van der Waals surface area contributed by atoms with Crippen molar-refractivity contribution in [3.8, 4) is 5.75 Å². The first-order valence-corrected chi connectivity index (χ1v) is 5.37. The van der Waals surface area contributed by atoms with Crippen LogP contribution in [0.15, 0.2) is 12.3 Å². The fraction of sp³-hybridized carbons (Fsp3) is 0.417. The van der Waals surface area contributed by atoms with Crippen LogP contribution in [0.1, 0.15) is 32.0 Å². The molecule has 0 atom stereocenters. The second-order valence-corrected chi connectivity index (χ2v) is 3.03. The molecule has 0 aliphatic rings. The average molecular weight is 237 g/mol. The zero-order valence-corrected chi connectivity index (χ0v) is 10.9. The first kappa shape index (κ1) is 15.1. The summed E-state index contributed by atoms with van der Waals surface area (Å²) in [6, 6.07) is 1.61. The number of aromatic nitrogens is 1. The second kappa shape index (κ2) is 7.38. The van der Waals surface area contributed by atoms with Crippen molar-refractivity contribution in [3.63, 3.8) is 0 Å². The topological polar surface area (TPSA) is 79.0 Å². The maximum absolute atomic E-state index is 7.52. The molecule has 17 heavy (non-hydrogen) atoms. The van der Waals surface area contributed by atoms with Gasteiger partial charge in [0.05, 0.1) is 7.11 Å². The summed E-state index contributed by atoms with van der Waals surface area (Å²) in [5.74, 6) is 0.457. The SMILES string of the molecule is CC.COc1cc(C(=N)OC(C)=N)ncc1C. The van der Waals surface area contributed by atoms with Gasteiger partial charge < -0.3 is 9.47 Å². The van der Waals surface area contributed by atoms with Crippen LogP contribution in [0, 0.1) is 17.7 Å². The largest absolute Gasteiger partial charge is 0.496 e. The zero-order chi connectivity index (χ0) is 13.4. The monoisotopic (exact) mass is 237 g/mol. The van der Waals surface area contributed by atoms with Gasteiger partial charge in [0.15, 0.2) is 5.90 Å². The minimum atomic E-state index is -0.152. The van der Waals surface area contributed by atoms with Crippen LogP contribution in [0.25, 0.3) is 0 Å². The summed E-state index contributed by atoms with van der Waals surface area (Å²) in [7, 11) is 1.55. The minimum absolute atomic E-state index is 0.0404. The number of nitrogens with zero attached hydrogens (tertiary/aromatic N) is 1. The van der Waals surface area contributed by atoms with Crippen LogP contribution in [0.4, 0.5) is 0 Å². The standard InChI is InChI=1S/C10H13N3O2.C2H6/c1-6-5-13-8(4-9(6)14-3)10(12)15-7(2)11;1-2/h4-5,11-12H,1-3H3;1-2H3. The van der Waals surface area contributed by atoms with Crippen LogP contribution < -0.4 is 4.74 Å². The Morgan fingerprint density at radius 3 is 2.35 bits per heavy atom. The molecule has 0 saturated carbocycles. The average Bonchev–Trinajstić information content (AvgIpc) is 2.31. The van der Waals surface area contributed by atoms with Crippen LogP contribution in [0.3, 0.4) is 0 Å². The third-order valence-electron chi connectivity index (χ3n) is 1.76. The number of ether oxygens (including phenoxy) is 2. The van der Waals surface area contributed by atoms with Gasteiger partial charge in [-0.1, -0.05) is 13.8 Å². The van der Waals surface area contributed by atoms with Crippen LogP contribution in [-0.4, -0.2) is 23.9 Å². The highest BCUT2D eigenvalue weighted by atomic mass is 16.5. The molecule has 0 amide bonds. The van der Waals surface area contributed by atoms with E-state index in [1.54, 1.807) is 19.4 Å². The summed E-state index contributed by atoms with van der Waals surface area (Å²) >= 11 is 0. The second-order valence-electron chi connectivity index (χ2n) is 3.03. The van der Waals surface area contributed by atoms with Gasteiger partial charge in [-0.05, 0) is 6.92 Å². The van der Waals surface area contributed by atoms with Gasteiger partial charge in [0.1, 0.15) is 11.4 Å². The van der Waals surface area contributed by atoms with Crippen LogP contribution in [-0.2, 0) is 4.74 Å². The first-order valence-electron chi connectivity index (χ1n) is 5.37. The molecule has 2 N–H and O–H groups in total. The van der Waals surface area contributed by atoms with E-state index in [1.807, 2.05) is 20.8 Å². The molecule has 0 fully saturated rings. The van der Waals surface area contributed by atoms with E-state index in [2.05, 4.69) is 4.98 Å². The van der Waals surface area contributed by atoms with Crippen LogP contribution in [0.2, 0.25) is 0 Å². The summed E-state index contributed by atoms with van der Waals surface area (Å²) in [4.78, 5) is 4.01. The van der Waals surface area contributed by atoms with E-state index in [0.717, 1.165) is 5.56 Å². The molecule has 1 rings (SSSR count). The normalized spacial score (nSPS) is 8.76. The number of hydrogen-bond acceptors (Lipinski definition) is 5. The van der Waals surface area contributed by atoms with Crippen molar-refractivity contribution in [2.45, 2.75) is 27.7 Å². The van der Waals surface area contributed by atoms with Gasteiger partial charge in [0.2, 0.25) is 5.90 Å². The molecule has 0 saturated heterocycles. The number of pyridine rings is 1. The Bertz CT molecular complexity index is 403. The van der Waals surface area contributed by atoms with E-state index < -0.39 is 0 Å². The summed E-state index contributed by atoms with van der Waals surface area (Å²) in [6.07, 6.45) is 1.60. The summed E-state index contributed by atoms with van der Waals surface area (Å²) in [6.45, 7) is 7.32. The Hall–Kier alpha value is -1.91. The van der Waals surface area contributed by atoms with Crippen LogP contribution >= 0.6 is 0 Å². The maximum Gasteiger partial charge on any atom is 0.239 e. The van der Waals surface area contributed by atoms with E-state index in [0.29, 0.717) is 11.4 Å².